The van der Waals surface area contributed by atoms with Crippen molar-refractivity contribution in [2.75, 3.05) is 16.3 Å². The van der Waals surface area contributed by atoms with E-state index >= 15 is 0 Å². The molecule has 2 atom stereocenters. The predicted molar refractivity (Wildman–Crippen MR) is 158 cm³/mol. The summed E-state index contributed by atoms with van der Waals surface area (Å²) in [5.41, 5.74) is -1.56. The lowest BCUT2D eigenvalue weighted by Crippen LogP contribution is -2.38. The highest BCUT2D eigenvalue weighted by atomic mass is 19.4. The molecule has 6 nitrogen and oxygen atoms in total. The lowest BCUT2D eigenvalue weighted by atomic mass is 10.0. The molecule has 1 fully saturated rings. The van der Waals surface area contributed by atoms with Gasteiger partial charge >= 0.3 is 18.5 Å². The number of hydrogen-bond donors (Lipinski definition) is 0. The lowest BCUT2D eigenvalue weighted by Gasteiger charge is -2.31. The summed E-state index contributed by atoms with van der Waals surface area (Å²) in [6, 6.07) is 4.27. The van der Waals surface area contributed by atoms with Crippen molar-refractivity contribution in [3.63, 3.8) is 0 Å². The van der Waals surface area contributed by atoms with Crippen molar-refractivity contribution in [2.45, 2.75) is 70.3 Å². The summed E-state index contributed by atoms with van der Waals surface area (Å²) >= 11 is 0. The Hall–Kier alpha value is -4.30. The van der Waals surface area contributed by atoms with Crippen molar-refractivity contribution in [2.24, 2.45) is 7.05 Å². The van der Waals surface area contributed by atoms with Crippen molar-refractivity contribution in [1.29, 1.82) is 0 Å². The van der Waals surface area contributed by atoms with E-state index in [0.29, 0.717) is 53.8 Å². The molecule has 0 aliphatic carbocycles. The van der Waals surface area contributed by atoms with Crippen LogP contribution in [-0.2, 0) is 38.5 Å². The third-order valence-electron chi connectivity index (χ3n) is 8.34. The van der Waals surface area contributed by atoms with Crippen LogP contribution >= 0.6 is 0 Å². The van der Waals surface area contributed by atoms with Gasteiger partial charge in [-0.25, -0.2) is 9.97 Å². The molecule has 2 aromatic carbocycles. The Labute approximate surface area is 264 Å². The van der Waals surface area contributed by atoms with E-state index in [-0.39, 0.29) is 36.7 Å². The molecule has 1 aliphatic heterocycles. The number of hydrogen-bond acceptors (Lipinski definition) is 5. The first kappa shape index (κ1) is 34.0. The van der Waals surface area contributed by atoms with E-state index in [1.54, 1.807) is 35.9 Å². The van der Waals surface area contributed by atoms with E-state index in [9.17, 15) is 39.5 Å². The average Bonchev–Trinajstić information content (AvgIpc) is 3.64. The molecule has 1 saturated heterocycles. The first-order valence-electron chi connectivity index (χ1n) is 14.8. The molecule has 5 rings (SSSR count). The van der Waals surface area contributed by atoms with Crippen LogP contribution in [0.3, 0.4) is 0 Å². The molecule has 0 radical (unpaired) electrons. The highest BCUT2D eigenvalue weighted by molar-refractivity contribution is 5.61. The number of halogens is 9. The van der Waals surface area contributed by atoms with Crippen LogP contribution in [-0.4, -0.2) is 38.4 Å². The summed E-state index contributed by atoms with van der Waals surface area (Å²) < 4.78 is 124. The Morgan fingerprint density at radius 2 is 1.40 bits per heavy atom. The Bertz CT molecular complexity index is 1660. The summed E-state index contributed by atoms with van der Waals surface area (Å²) in [5.74, 6) is 0.0773. The molecule has 15 heteroatoms. The fraction of sp³-hybridized carbons (Fsp3) is 0.406. The van der Waals surface area contributed by atoms with Crippen LogP contribution in [0.2, 0.25) is 0 Å². The molecule has 3 heterocycles. The normalized spacial score (nSPS) is 17.4. The Kier molecular flexibility index (Phi) is 9.21. The van der Waals surface area contributed by atoms with Gasteiger partial charge in [0, 0.05) is 61.6 Å². The number of aromatic nitrogens is 4. The van der Waals surface area contributed by atoms with E-state index in [1.807, 2.05) is 11.8 Å². The van der Waals surface area contributed by atoms with Crippen molar-refractivity contribution >= 4 is 11.6 Å². The summed E-state index contributed by atoms with van der Waals surface area (Å²) in [6.07, 6.45) is -6.99. The van der Waals surface area contributed by atoms with Crippen LogP contribution in [0.4, 0.5) is 51.1 Å². The van der Waals surface area contributed by atoms with Crippen LogP contribution in [0.25, 0.3) is 11.1 Å². The van der Waals surface area contributed by atoms with Crippen LogP contribution in [0.5, 0.6) is 0 Å². The molecule has 1 aliphatic rings. The van der Waals surface area contributed by atoms with Gasteiger partial charge in [-0.1, -0.05) is 13.8 Å². The van der Waals surface area contributed by atoms with E-state index in [4.69, 9.17) is 0 Å². The van der Waals surface area contributed by atoms with Crippen molar-refractivity contribution in [1.82, 2.24) is 19.7 Å². The molecule has 2 unspecified atom stereocenters. The number of benzene rings is 2. The minimum absolute atomic E-state index is 0.0773. The number of nitrogens with zero attached hydrogens (tertiary/aromatic N) is 6. The molecule has 0 spiro atoms. The molecule has 4 aromatic rings. The quantitative estimate of drug-likeness (QED) is 0.176. The smallest absolute Gasteiger partial charge is 0.366 e. The van der Waals surface area contributed by atoms with E-state index < -0.39 is 41.3 Å². The molecule has 252 valence electrons. The fourth-order valence-corrected chi connectivity index (χ4v) is 5.98. The number of alkyl halides is 9. The van der Waals surface area contributed by atoms with Gasteiger partial charge in [0.05, 0.1) is 28.9 Å². The highest BCUT2D eigenvalue weighted by Crippen LogP contribution is 2.40. The van der Waals surface area contributed by atoms with Gasteiger partial charge in [0.15, 0.2) is 0 Å². The van der Waals surface area contributed by atoms with Gasteiger partial charge in [0.25, 0.3) is 0 Å². The standard InChI is InChI=1S/C32H31F9N6/c1-4-20-10-23(30(33,34)35)6-7-28(20)46-18-27(12-26(46)5-2)47(29-42-13-21(14-43-29)22-15-44-45(3)17-22)16-19-8-24(31(36,37)38)11-25(9-19)32(39,40)41/h6-11,13-15,17,26-27H,4-5,12,16,18H2,1-3H3. The molecule has 0 amide bonds. The van der Waals surface area contributed by atoms with Gasteiger partial charge in [-0.05, 0) is 66.8 Å². The zero-order valence-electron chi connectivity index (χ0n) is 25.5. The van der Waals surface area contributed by atoms with Gasteiger partial charge in [0.2, 0.25) is 5.95 Å². The zero-order valence-corrected chi connectivity index (χ0v) is 25.5. The SMILES string of the molecule is CCc1cc(C(F)(F)F)ccc1N1CC(N(Cc2cc(C(F)(F)F)cc(C(F)(F)F)c2)c2ncc(-c3cnn(C)c3)cn2)CC1CC. The minimum atomic E-state index is -5.03. The molecular formula is C32H31F9N6. The Morgan fingerprint density at radius 1 is 0.787 bits per heavy atom. The number of aryl methyl sites for hydroxylation is 2. The maximum Gasteiger partial charge on any atom is 0.416 e. The van der Waals surface area contributed by atoms with E-state index in [1.165, 1.54) is 18.5 Å². The van der Waals surface area contributed by atoms with Crippen molar-refractivity contribution in [3.05, 3.63) is 89.0 Å². The number of anilines is 2. The van der Waals surface area contributed by atoms with Gasteiger partial charge in [-0.2, -0.15) is 44.6 Å². The minimum Gasteiger partial charge on any atom is -0.366 e. The molecule has 47 heavy (non-hydrogen) atoms. The fourth-order valence-electron chi connectivity index (χ4n) is 5.98. The predicted octanol–water partition coefficient (Wildman–Crippen LogP) is 8.56. The lowest BCUT2D eigenvalue weighted by molar-refractivity contribution is -0.143. The first-order chi connectivity index (χ1) is 22.0. The Balaban J connectivity index is 1.56. The number of rotatable bonds is 8. The van der Waals surface area contributed by atoms with Crippen molar-refractivity contribution < 1.29 is 39.5 Å². The van der Waals surface area contributed by atoms with E-state index in [2.05, 4.69) is 15.1 Å². The largest absolute Gasteiger partial charge is 0.416 e. The summed E-state index contributed by atoms with van der Waals surface area (Å²) in [4.78, 5) is 12.4. The maximum absolute atomic E-state index is 13.7. The van der Waals surface area contributed by atoms with Crippen LogP contribution in [0.1, 0.15) is 54.5 Å². The first-order valence-corrected chi connectivity index (χ1v) is 14.8. The monoisotopic (exact) mass is 670 g/mol. The van der Waals surface area contributed by atoms with Crippen LogP contribution in [0, 0.1) is 0 Å². The molecule has 0 bridgehead atoms. The van der Waals surface area contributed by atoms with Gasteiger partial charge in [-0.3, -0.25) is 4.68 Å². The maximum atomic E-state index is 13.7. The topological polar surface area (TPSA) is 50.1 Å². The molecule has 2 aromatic heterocycles. The summed E-state index contributed by atoms with van der Waals surface area (Å²) in [7, 11) is 1.72. The summed E-state index contributed by atoms with van der Waals surface area (Å²) in [5, 5.41) is 4.11. The molecule has 0 N–H and O–H groups in total. The average molecular weight is 671 g/mol. The molecular weight excluding hydrogens is 639 g/mol. The van der Waals surface area contributed by atoms with Gasteiger partial charge < -0.3 is 9.80 Å². The zero-order chi connectivity index (χ0) is 34.3. The van der Waals surface area contributed by atoms with Gasteiger partial charge in [0.1, 0.15) is 0 Å². The van der Waals surface area contributed by atoms with Crippen molar-refractivity contribution in [3.8, 4) is 11.1 Å². The second-order valence-electron chi connectivity index (χ2n) is 11.5. The molecule has 0 saturated carbocycles. The second-order valence-corrected chi connectivity index (χ2v) is 11.5. The third kappa shape index (κ3) is 7.49. The summed E-state index contributed by atoms with van der Waals surface area (Å²) in [6.45, 7) is 3.47. The third-order valence-corrected chi connectivity index (χ3v) is 8.34. The second kappa shape index (κ2) is 12.7. The van der Waals surface area contributed by atoms with Gasteiger partial charge in [-0.15, -0.1) is 0 Å². The van der Waals surface area contributed by atoms with Crippen LogP contribution < -0.4 is 9.80 Å². The Morgan fingerprint density at radius 3 is 1.91 bits per heavy atom. The van der Waals surface area contributed by atoms with E-state index in [0.717, 1.165) is 12.1 Å². The van der Waals surface area contributed by atoms with Crippen LogP contribution in [0.15, 0.2) is 61.2 Å². The highest BCUT2D eigenvalue weighted by Gasteiger charge is 2.40.